The maximum Gasteiger partial charge on any atom is 0.338 e. The number of hydroxylamine groups is 1. The molecule has 28 heavy (non-hydrogen) atoms. The van der Waals surface area contributed by atoms with Crippen molar-refractivity contribution < 1.29 is 27.2 Å². The summed E-state index contributed by atoms with van der Waals surface area (Å²) < 4.78 is 35.8. The molecule has 0 unspecified atom stereocenters. The van der Waals surface area contributed by atoms with E-state index in [4.69, 9.17) is 14.0 Å². The van der Waals surface area contributed by atoms with E-state index in [1.165, 1.54) is 38.4 Å². The van der Waals surface area contributed by atoms with Crippen LogP contribution in [-0.2, 0) is 26.2 Å². The number of rotatable bonds is 7. The molecule has 0 saturated carbocycles. The number of nitrogens with zero attached hydrogens (tertiary/aromatic N) is 2. The van der Waals surface area contributed by atoms with E-state index in [1.54, 1.807) is 6.20 Å². The van der Waals surface area contributed by atoms with Crippen molar-refractivity contribution in [3.05, 3.63) is 72.2 Å². The number of oxazole rings is 1. The van der Waals surface area contributed by atoms with Crippen LogP contribution < -0.4 is 0 Å². The standard InChI is InChI=1S/C19H18N2O6S/c1-21(25-2)28(23,24)16-10-8-15(9-11-16)19(22)26-13-18-20-12-17(27-18)14-6-4-3-5-7-14/h3-12H,13H2,1-2H3. The van der Waals surface area contributed by atoms with Crippen LogP contribution in [-0.4, -0.2) is 38.0 Å². The van der Waals surface area contributed by atoms with Gasteiger partial charge >= 0.3 is 5.97 Å². The Kier molecular flexibility index (Phi) is 5.88. The minimum Gasteiger partial charge on any atom is -0.452 e. The molecule has 1 aromatic heterocycles. The van der Waals surface area contributed by atoms with E-state index in [1.807, 2.05) is 30.3 Å². The van der Waals surface area contributed by atoms with E-state index in [-0.39, 0.29) is 23.0 Å². The molecule has 8 nitrogen and oxygen atoms in total. The van der Waals surface area contributed by atoms with Gasteiger partial charge in [0.05, 0.1) is 23.8 Å². The monoisotopic (exact) mass is 402 g/mol. The Morgan fingerprint density at radius 1 is 1.11 bits per heavy atom. The molecule has 3 aromatic rings. The third-order valence-electron chi connectivity index (χ3n) is 3.92. The van der Waals surface area contributed by atoms with Crippen LogP contribution in [0.1, 0.15) is 16.2 Å². The molecular weight excluding hydrogens is 384 g/mol. The zero-order chi connectivity index (χ0) is 20.1. The molecule has 0 N–H and O–H groups in total. The second-order valence-electron chi connectivity index (χ2n) is 5.68. The summed E-state index contributed by atoms with van der Waals surface area (Å²) >= 11 is 0. The van der Waals surface area contributed by atoms with E-state index in [9.17, 15) is 13.2 Å². The van der Waals surface area contributed by atoms with Crippen molar-refractivity contribution >= 4 is 16.0 Å². The molecule has 1 heterocycles. The summed E-state index contributed by atoms with van der Waals surface area (Å²) in [6, 6.07) is 14.8. The van der Waals surface area contributed by atoms with Crippen molar-refractivity contribution in [2.24, 2.45) is 0 Å². The summed E-state index contributed by atoms with van der Waals surface area (Å²) in [5.74, 6) is 0.208. The lowest BCUT2D eigenvalue weighted by Gasteiger charge is -2.14. The highest BCUT2D eigenvalue weighted by Crippen LogP contribution is 2.20. The van der Waals surface area contributed by atoms with Crippen molar-refractivity contribution in [3.63, 3.8) is 0 Å². The van der Waals surface area contributed by atoms with Crippen molar-refractivity contribution in [1.29, 1.82) is 0 Å². The molecule has 0 fully saturated rings. The van der Waals surface area contributed by atoms with Gasteiger partial charge in [-0.1, -0.05) is 34.8 Å². The molecule has 0 spiro atoms. The zero-order valence-corrected chi connectivity index (χ0v) is 16.0. The largest absolute Gasteiger partial charge is 0.452 e. The molecule has 0 aliphatic rings. The highest BCUT2D eigenvalue weighted by molar-refractivity contribution is 7.89. The normalized spacial score (nSPS) is 11.5. The SMILES string of the molecule is CON(C)S(=O)(=O)c1ccc(C(=O)OCc2ncc(-c3ccccc3)o2)cc1. The Labute approximate surface area is 162 Å². The average molecular weight is 402 g/mol. The summed E-state index contributed by atoms with van der Waals surface area (Å²) in [5, 5.41) is 0. The van der Waals surface area contributed by atoms with Gasteiger partial charge in [0, 0.05) is 12.6 Å². The predicted molar refractivity (Wildman–Crippen MR) is 99.5 cm³/mol. The summed E-state index contributed by atoms with van der Waals surface area (Å²) in [7, 11) is -1.26. The number of carbonyl (C=O) groups excluding carboxylic acids is 1. The minimum atomic E-state index is -3.78. The molecule has 0 aliphatic heterocycles. The molecule has 0 aliphatic carbocycles. The molecule has 2 aromatic carbocycles. The Bertz CT molecular complexity index is 1050. The zero-order valence-electron chi connectivity index (χ0n) is 15.2. The van der Waals surface area contributed by atoms with Crippen molar-refractivity contribution in [3.8, 4) is 11.3 Å². The number of benzene rings is 2. The lowest BCUT2D eigenvalue weighted by atomic mass is 10.2. The molecule has 0 amide bonds. The number of hydrogen-bond donors (Lipinski definition) is 0. The van der Waals surface area contributed by atoms with Crippen LogP contribution in [0, 0.1) is 0 Å². The topological polar surface area (TPSA) is 98.9 Å². The molecule has 9 heteroatoms. The Morgan fingerprint density at radius 3 is 2.43 bits per heavy atom. The van der Waals surface area contributed by atoms with Gasteiger partial charge in [-0.15, -0.1) is 0 Å². The van der Waals surface area contributed by atoms with Gasteiger partial charge < -0.3 is 9.15 Å². The summed E-state index contributed by atoms with van der Waals surface area (Å²) in [6.07, 6.45) is 1.56. The third-order valence-corrected chi connectivity index (χ3v) is 5.62. The van der Waals surface area contributed by atoms with Crippen LogP contribution in [0.2, 0.25) is 0 Å². The maximum absolute atomic E-state index is 12.2. The van der Waals surface area contributed by atoms with Gasteiger partial charge in [-0.2, -0.15) is 0 Å². The first-order valence-electron chi connectivity index (χ1n) is 8.22. The van der Waals surface area contributed by atoms with Gasteiger partial charge in [0.15, 0.2) is 12.4 Å². The molecule has 0 atom stereocenters. The lowest BCUT2D eigenvalue weighted by Crippen LogP contribution is -2.25. The summed E-state index contributed by atoms with van der Waals surface area (Å²) in [4.78, 5) is 21.0. The molecule has 0 saturated heterocycles. The molecular formula is C19H18N2O6S. The van der Waals surface area contributed by atoms with Gasteiger partial charge in [-0.25, -0.2) is 18.2 Å². The first-order valence-corrected chi connectivity index (χ1v) is 9.66. The van der Waals surface area contributed by atoms with Crippen LogP contribution in [0.15, 0.2) is 70.1 Å². The van der Waals surface area contributed by atoms with Gasteiger partial charge in [0.1, 0.15) is 0 Å². The van der Waals surface area contributed by atoms with Crippen LogP contribution >= 0.6 is 0 Å². The fourth-order valence-corrected chi connectivity index (χ4v) is 3.31. The third kappa shape index (κ3) is 4.28. The van der Waals surface area contributed by atoms with Crippen LogP contribution in [0.4, 0.5) is 0 Å². The quantitative estimate of drug-likeness (QED) is 0.443. The molecule has 0 radical (unpaired) electrons. The Balaban J connectivity index is 1.64. The molecule has 0 bridgehead atoms. The maximum atomic E-state index is 12.2. The number of sulfonamides is 1. The number of aromatic nitrogens is 1. The summed E-state index contributed by atoms with van der Waals surface area (Å²) in [6.45, 7) is -0.141. The van der Waals surface area contributed by atoms with E-state index in [2.05, 4.69) is 4.98 Å². The molecule has 3 rings (SSSR count). The number of hydrogen-bond acceptors (Lipinski definition) is 7. The first kappa shape index (κ1) is 19.7. The van der Waals surface area contributed by atoms with Crippen LogP contribution in [0.3, 0.4) is 0 Å². The highest BCUT2D eigenvalue weighted by atomic mass is 32.2. The smallest absolute Gasteiger partial charge is 0.338 e. The second-order valence-corrected chi connectivity index (χ2v) is 7.62. The number of esters is 1. The fraction of sp³-hybridized carbons (Fsp3) is 0.158. The van der Waals surface area contributed by atoms with E-state index < -0.39 is 16.0 Å². The Morgan fingerprint density at radius 2 is 1.79 bits per heavy atom. The number of ether oxygens (including phenoxy) is 1. The van der Waals surface area contributed by atoms with Crippen molar-refractivity contribution in [2.75, 3.05) is 14.2 Å². The van der Waals surface area contributed by atoms with Gasteiger partial charge in [0.2, 0.25) is 5.89 Å². The predicted octanol–water partition coefficient (Wildman–Crippen LogP) is 2.88. The second kappa shape index (κ2) is 8.34. The highest BCUT2D eigenvalue weighted by Gasteiger charge is 2.21. The van der Waals surface area contributed by atoms with Crippen molar-refractivity contribution in [2.45, 2.75) is 11.5 Å². The summed E-state index contributed by atoms with van der Waals surface area (Å²) in [5.41, 5.74) is 1.07. The van der Waals surface area contributed by atoms with Crippen molar-refractivity contribution in [1.82, 2.24) is 9.45 Å². The number of carbonyl (C=O) groups is 1. The van der Waals surface area contributed by atoms with Gasteiger partial charge in [-0.05, 0) is 24.3 Å². The van der Waals surface area contributed by atoms with E-state index in [0.717, 1.165) is 10.0 Å². The fourth-order valence-electron chi connectivity index (χ4n) is 2.33. The van der Waals surface area contributed by atoms with Crippen LogP contribution in [0.25, 0.3) is 11.3 Å². The van der Waals surface area contributed by atoms with Crippen LogP contribution in [0.5, 0.6) is 0 Å². The Hall–Kier alpha value is -3.01. The average Bonchev–Trinajstić information content (AvgIpc) is 3.21. The van der Waals surface area contributed by atoms with Gasteiger partial charge in [-0.3, -0.25) is 4.84 Å². The lowest BCUT2D eigenvalue weighted by molar-refractivity contribution is -0.0258. The molecule has 146 valence electrons. The van der Waals surface area contributed by atoms with Gasteiger partial charge in [0.25, 0.3) is 10.0 Å². The first-order chi connectivity index (χ1) is 13.4. The van der Waals surface area contributed by atoms with E-state index >= 15 is 0 Å². The van der Waals surface area contributed by atoms with E-state index in [0.29, 0.717) is 5.76 Å². The minimum absolute atomic E-state index is 0.00592.